The van der Waals surface area contributed by atoms with Crippen LogP contribution in [0.15, 0.2) is 30.3 Å². The zero-order valence-corrected chi connectivity index (χ0v) is 14.1. The first-order chi connectivity index (χ1) is 11.1. The van der Waals surface area contributed by atoms with Gasteiger partial charge in [-0.25, -0.2) is 9.59 Å². The molecule has 0 spiro atoms. The lowest BCUT2D eigenvalue weighted by Gasteiger charge is -2.38. The van der Waals surface area contributed by atoms with Crippen molar-refractivity contribution in [3.05, 3.63) is 35.9 Å². The van der Waals surface area contributed by atoms with Crippen molar-refractivity contribution in [2.75, 3.05) is 0 Å². The first-order valence-corrected chi connectivity index (χ1v) is 7.57. The Morgan fingerprint density at radius 1 is 1.12 bits per heavy atom. The van der Waals surface area contributed by atoms with Gasteiger partial charge in [-0.1, -0.05) is 30.3 Å². The van der Waals surface area contributed by atoms with Gasteiger partial charge in [0.1, 0.15) is 12.6 Å². The second kappa shape index (κ2) is 8.33. The lowest BCUT2D eigenvalue weighted by molar-refractivity contribution is -0.153. The van der Waals surface area contributed by atoms with Gasteiger partial charge in [0.2, 0.25) is 0 Å². The van der Waals surface area contributed by atoms with Gasteiger partial charge in [-0.15, -0.1) is 0 Å². The largest absolute Gasteiger partial charge is 0.481 e. The topological polar surface area (TPSA) is 104 Å². The van der Waals surface area contributed by atoms with Gasteiger partial charge in [0.25, 0.3) is 0 Å². The zero-order chi connectivity index (χ0) is 18.3. The van der Waals surface area contributed by atoms with Gasteiger partial charge in [0, 0.05) is 12.0 Å². The first-order valence-electron chi connectivity index (χ1n) is 7.57. The number of esters is 1. The molecule has 1 atom stereocenters. The smallest absolute Gasteiger partial charge is 0.408 e. The maximum absolute atomic E-state index is 12.4. The van der Waals surface area contributed by atoms with E-state index in [-0.39, 0.29) is 19.4 Å². The van der Waals surface area contributed by atoms with Crippen molar-refractivity contribution in [2.45, 2.75) is 51.8 Å². The van der Waals surface area contributed by atoms with Gasteiger partial charge in [0.05, 0.1) is 0 Å². The summed E-state index contributed by atoms with van der Waals surface area (Å²) in [6, 6.07) is 7.79. The van der Waals surface area contributed by atoms with Crippen LogP contribution in [-0.2, 0) is 20.9 Å². The molecule has 1 rings (SSSR count). The summed E-state index contributed by atoms with van der Waals surface area (Å²) < 4.78 is 5.21. The average Bonchev–Trinajstić information content (AvgIpc) is 2.48. The molecule has 0 heterocycles. The molecule has 132 valence electrons. The molecule has 7 nitrogen and oxygen atoms in total. The molecule has 7 heteroatoms. The molecular formula is C17H23NO6. The summed E-state index contributed by atoms with van der Waals surface area (Å²) in [5, 5.41) is 18.3. The fraction of sp³-hybridized carbons (Fsp3) is 0.471. The summed E-state index contributed by atoms with van der Waals surface area (Å²) in [5.74, 6) is -1.85. The van der Waals surface area contributed by atoms with Crippen LogP contribution in [0.3, 0.4) is 0 Å². The van der Waals surface area contributed by atoms with Crippen molar-refractivity contribution in [1.82, 2.24) is 4.90 Å². The number of nitrogens with zero attached hydrogens (tertiary/aromatic N) is 1. The summed E-state index contributed by atoms with van der Waals surface area (Å²) >= 11 is 0. The second-order valence-electron chi connectivity index (χ2n) is 6.36. The molecule has 0 saturated heterocycles. The van der Waals surface area contributed by atoms with E-state index < -0.39 is 29.6 Å². The van der Waals surface area contributed by atoms with Crippen LogP contribution >= 0.6 is 0 Å². The van der Waals surface area contributed by atoms with Crippen molar-refractivity contribution in [3.63, 3.8) is 0 Å². The monoisotopic (exact) mass is 337 g/mol. The van der Waals surface area contributed by atoms with Crippen LogP contribution in [0.4, 0.5) is 4.79 Å². The highest BCUT2D eigenvalue weighted by Crippen LogP contribution is 2.22. The number of carbonyl (C=O) groups is 3. The highest BCUT2D eigenvalue weighted by atomic mass is 16.5. The van der Waals surface area contributed by atoms with Gasteiger partial charge in [0.15, 0.2) is 0 Å². The quantitative estimate of drug-likeness (QED) is 0.741. The Labute approximate surface area is 140 Å². The summed E-state index contributed by atoms with van der Waals surface area (Å²) in [6.07, 6.45) is -1.77. The fourth-order valence-corrected chi connectivity index (χ4v) is 2.33. The molecular weight excluding hydrogens is 314 g/mol. The third-order valence-electron chi connectivity index (χ3n) is 3.37. The highest BCUT2D eigenvalue weighted by molar-refractivity contribution is 5.82. The molecule has 0 radical (unpaired) electrons. The maximum Gasteiger partial charge on any atom is 0.408 e. The lowest BCUT2D eigenvalue weighted by atomic mass is 10.0. The number of carboxylic acid groups (broad SMARTS) is 2. The van der Waals surface area contributed by atoms with Gasteiger partial charge < -0.3 is 14.9 Å². The lowest BCUT2D eigenvalue weighted by Crippen LogP contribution is -2.54. The van der Waals surface area contributed by atoms with Gasteiger partial charge in [-0.3, -0.25) is 9.69 Å². The van der Waals surface area contributed by atoms with Crippen LogP contribution in [0.25, 0.3) is 0 Å². The van der Waals surface area contributed by atoms with Gasteiger partial charge >= 0.3 is 18.0 Å². The second-order valence-corrected chi connectivity index (χ2v) is 6.36. The number of aliphatic carboxylic acids is 1. The first kappa shape index (κ1) is 19.5. The van der Waals surface area contributed by atoms with Crippen LogP contribution in [-0.4, -0.2) is 44.7 Å². The average molecular weight is 337 g/mol. The number of rotatable bonds is 7. The van der Waals surface area contributed by atoms with Crippen molar-refractivity contribution < 1.29 is 29.3 Å². The SMILES string of the molecule is CC(C)(C)N(C(=O)O)[C@@H](CCC(=O)O)C(=O)OCc1ccccc1. The van der Waals surface area contributed by atoms with E-state index in [2.05, 4.69) is 0 Å². The summed E-state index contributed by atoms with van der Waals surface area (Å²) in [4.78, 5) is 35.8. The Hall–Kier alpha value is -2.57. The van der Waals surface area contributed by atoms with Crippen LogP contribution in [0, 0.1) is 0 Å². The normalized spacial score (nSPS) is 12.3. The summed E-state index contributed by atoms with van der Waals surface area (Å²) in [7, 11) is 0. The van der Waals surface area contributed by atoms with E-state index in [1.807, 2.05) is 6.07 Å². The number of carbonyl (C=O) groups excluding carboxylic acids is 1. The third kappa shape index (κ3) is 5.91. The molecule has 1 aromatic rings. The molecule has 0 aromatic heterocycles. The van der Waals surface area contributed by atoms with E-state index in [9.17, 15) is 19.5 Å². The highest BCUT2D eigenvalue weighted by Gasteiger charge is 2.38. The van der Waals surface area contributed by atoms with Crippen molar-refractivity contribution in [3.8, 4) is 0 Å². The Balaban J connectivity index is 2.92. The molecule has 0 bridgehead atoms. The van der Waals surface area contributed by atoms with Crippen LogP contribution in [0.2, 0.25) is 0 Å². The van der Waals surface area contributed by atoms with E-state index in [1.165, 1.54) is 0 Å². The molecule has 1 amide bonds. The van der Waals surface area contributed by atoms with Crippen molar-refractivity contribution >= 4 is 18.0 Å². The number of hydrogen-bond donors (Lipinski definition) is 2. The molecule has 0 aliphatic rings. The van der Waals surface area contributed by atoms with E-state index in [0.717, 1.165) is 10.5 Å². The predicted octanol–water partition coefficient (Wildman–Crippen LogP) is 2.74. The molecule has 0 saturated carbocycles. The number of carboxylic acids is 1. The minimum Gasteiger partial charge on any atom is -0.481 e. The Morgan fingerprint density at radius 2 is 1.71 bits per heavy atom. The Kier molecular flexibility index (Phi) is 6.76. The molecule has 0 aliphatic heterocycles. The van der Waals surface area contributed by atoms with E-state index in [0.29, 0.717) is 0 Å². The number of hydrogen-bond acceptors (Lipinski definition) is 4. The standard InChI is InChI=1S/C17H23NO6/c1-17(2,3)18(16(22)23)13(9-10-14(19)20)15(21)24-11-12-7-5-4-6-8-12/h4-8,13H,9-11H2,1-3H3,(H,19,20)(H,22,23)/t13-/m0/s1. The zero-order valence-electron chi connectivity index (χ0n) is 14.1. The van der Waals surface area contributed by atoms with Crippen LogP contribution in [0.5, 0.6) is 0 Å². The number of ether oxygens (including phenoxy) is 1. The molecule has 2 N–H and O–H groups in total. The Bertz CT molecular complexity index is 578. The van der Waals surface area contributed by atoms with E-state index in [1.54, 1.807) is 45.0 Å². The Morgan fingerprint density at radius 3 is 2.17 bits per heavy atom. The number of benzene rings is 1. The van der Waals surface area contributed by atoms with Gasteiger partial charge in [-0.05, 0) is 32.8 Å². The predicted molar refractivity (Wildman–Crippen MR) is 86.5 cm³/mol. The summed E-state index contributed by atoms with van der Waals surface area (Å²) in [6.45, 7) is 4.92. The molecule has 0 aliphatic carbocycles. The maximum atomic E-state index is 12.4. The molecule has 1 aromatic carbocycles. The minimum atomic E-state index is -1.30. The molecule has 0 fully saturated rings. The van der Waals surface area contributed by atoms with E-state index >= 15 is 0 Å². The fourth-order valence-electron chi connectivity index (χ4n) is 2.33. The van der Waals surface area contributed by atoms with Gasteiger partial charge in [-0.2, -0.15) is 0 Å². The van der Waals surface area contributed by atoms with E-state index in [4.69, 9.17) is 9.84 Å². The molecule has 24 heavy (non-hydrogen) atoms. The molecule has 0 unspecified atom stereocenters. The van der Waals surface area contributed by atoms with Crippen molar-refractivity contribution in [2.24, 2.45) is 0 Å². The van der Waals surface area contributed by atoms with Crippen molar-refractivity contribution in [1.29, 1.82) is 0 Å². The third-order valence-corrected chi connectivity index (χ3v) is 3.37. The van der Waals surface area contributed by atoms with Crippen LogP contribution < -0.4 is 0 Å². The number of amides is 1. The minimum absolute atomic E-state index is 0.000840. The summed E-state index contributed by atoms with van der Waals surface area (Å²) in [5.41, 5.74) is -0.110. The van der Waals surface area contributed by atoms with Crippen LogP contribution in [0.1, 0.15) is 39.2 Å².